The Morgan fingerprint density at radius 1 is 1.06 bits per heavy atom. The number of benzene rings is 1. The molecule has 0 amide bonds. The van der Waals surface area contributed by atoms with E-state index in [0.717, 1.165) is 20.5 Å². The van der Waals surface area contributed by atoms with Crippen molar-refractivity contribution >= 4 is 22.6 Å². The van der Waals surface area contributed by atoms with E-state index in [4.69, 9.17) is 0 Å². The zero-order chi connectivity index (χ0) is 11.9. The van der Waals surface area contributed by atoms with Gasteiger partial charge in [-0.25, -0.2) is 4.39 Å². The van der Waals surface area contributed by atoms with Crippen molar-refractivity contribution in [2.75, 3.05) is 0 Å². The van der Waals surface area contributed by atoms with E-state index in [0.29, 0.717) is 5.69 Å². The molecule has 0 bridgehead atoms. The van der Waals surface area contributed by atoms with E-state index in [9.17, 15) is 4.39 Å². The van der Waals surface area contributed by atoms with Crippen LogP contribution < -0.4 is 0 Å². The Balaban J connectivity index is 2.74. The zero-order valence-corrected chi connectivity index (χ0v) is 11.7. The van der Waals surface area contributed by atoms with E-state index in [2.05, 4.69) is 22.6 Å². The molecule has 0 fully saturated rings. The van der Waals surface area contributed by atoms with Gasteiger partial charge in [-0.1, -0.05) is 0 Å². The Morgan fingerprint density at radius 3 is 2.12 bits per heavy atom. The van der Waals surface area contributed by atoms with Gasteiger partial charge in [-0.05, 0) is 73.2 Å². The van der Waals surface area contributed by atoms with Crippen LogP contribution in [0.3, 0.4) is 0 Å². The third kappa shape index (κ3) is 1.88. The van der Waals surface area contributed by atoms with Crippen molar-refractivity contribution in [1.29, 1.82) is 0 Å². The summed E-state index contributed by atoms with van der Waals surface area (Å²) in [4.78, 5) is 0. The van der Waals surface area contributed by atoms with Crippen molar-refractivity contribution in [3.05, 3.63) is 50.6 Å². The smallest absolute Gasteiger partial charge is 0.148 e. The van der Waals surface area contributed by atoms with Gasteiger partial charge in [0.25, 0.3) is 0 Å². The molecule has 1 aromatic carbocycles. The van der Waals surface area contributed by atoms with Crippen LogP contribution in [0.25, 0.3) is 5.69 Å². The monoisotopic (exact) mass is 329 g/mol. The molecule has 1 aromatic heterocycles. The average Bonchev–Trinajstić information content (AvgIpc) is 2.47. The SMILES string of the molecule is Cc1cc(F)c(-n2c(C)ccc2C)c(I)c1. The maximum absolute atomic E-state index is 14.0. The molecule has 2 rings (SSSR count). The van der Waals surface area contributed by atoms with Crippen LogP contribution in [-0.4, -0.2) is 4.57 Å². The molecule has 0 aliphatic heterocycles. The highest BCUT2D eigenvalue weighted by molar-refractivity contribution is 14.1. The molecule has 3 heteroatoms. The standard InChI is InChI=1S/C13H13FIN/c1-8-6-11(14)13(12(15)7-8)16-9(2)4-5-10(16)3/h4-7H,1-3H3. The maximum atomic E-state index is 14.0. The second-order valence-electron chi connectivity index (χ2n) is 4.03. The zero-order valence-electron chi connectivity index (χ0n) is 9.51. The molecule has 0 unspecified atom stereocenters. The van der Waals surface area contributed by atoms with Crippen molar-refractivity contribution < 1.29 is 4.39 Å². The quantitative estimate of drug-likeness (QED) is 0.693. The molecular weight excluding hydrogens is 316 g/mol. The first-order valence-corrected chi connectivity index (χ1v) is 6.19. The van der Waals surface area contributed by atoms with E-state index in [1.807, 2.05) is 43.5 Å². The van der Waals surface area contributed by atoms with Crippen LogP contribution in [0.4, 0.5) is 4.39 Å². The number of halogens is 2. The third-order valence-electron chi connectivity index (χ3n) is 2.66. The van der Waals surface area contributed by atoms with Gasteiger partial charge in [-0.15, -0.1) is 0 Å². The van der Waals surface area contributed by atoms with E-state index >= 15 is 0 Å². The van der Waals surface area contributed by atoms with Crippen LogP contribution in [0.5, 0.6) is 0 Å². The maximum Gasteiger partial charge on any atom is 0.148 e. The predicted octanol–water partition coefficient (Wildman–Crippen LogP) is 4.15. The molecule has 0 aliphatic carbocycles. The summed E-state index contributed by atoms with van der Waals surface area (Å²) in [5.41, 5.74) is 3.72. The molecule has 2 aromatic rings. The Hall–Kier alpha value is -0.840. The van der Waals surface area contributed by atoms with Gasteiger partial charge < -0.3 is 4.57 Å². The van der Waals surface area contributed by atoms with Gasteiger partial charge in [0.15, 0.2) is 0 Å². The van der Waals surface area contributed by atoms with Crippen LogP contribution in [0.2, 0.25) is 0 Å². The number of hydrogen-bond acceptors (Lipinski definition) is 0. The number of aryl methyl sites for hydroxylation is 3. The van der Waals surface area contributed by atoms with Crippen molar-refractivity contribution in [2.45, 2.75) is 20.8 Å². The van der Waals surface area contributed by atoms with E-state index < -0.39 is 0 Å². The number of rotatable bonds is 1. The molecule has 1 nitrogen and oxygen atoms in total. The second kappa shape index (κ2) is 4.20. The van der Waals surface area contributed by atoms with E-state index in [1.54, 1.807) is 6.07 Å². The van der Waals surface area contributed by atoms with Gasteiger partial charge in [0, 0.05) is 15.0 Å². The molecule has 0 saturated heterocycles. The lowest BCUT2D eigenvalue weighted by Crippen LogP contribution is -2.04. The minimum Gasteiger partial charge on any atom is -0.315 e. The average molecular weight is 329 g/mol. The van der Waals surface area contributed by atoms with Crippen molar-refractivity contribution in [3.8, 4) is 5.69 Å². The lowest BCUT2D eigenvalue weighted by molar-refractivity contribution is 0.613. The minimum absolute atomic E-state index is 0.160. The third-order valence-corrected chi connectivity index (χ3v) is 3.48. The molecule has 0 atom stereocenters. The first-order chi connectivity index (χ1) is 7.50. The molecule has 1 heterocycles. The molecule has 0 N–H and O–H groups in total. The molecular formula is C13H13FIN. The largest absolute Gasteiger partial charge is 0.315 e. The van der Waals surface area contributed by atoms with Crippen LogP contribution in [0.1, 0.15) is 17.0 Å². The minimum atomic E-state index is -0.160. The molecule has 0 saturated carbocycles. The first-order valence-electron chi connectivity index (χ1n) is 5.11. The number of nitrogens with zero attached hydrogens (tertiary/aromatic N) is 1. The van der Waals surface area contributed by atoms with E-state index in [-0.39, 0.29) is 5.82 Å². The fourth-order valence-electron chi connectivity index (χ4n) is 1.93. The van der Waals surface area contributed by atoms with Crippen LogP contribution in [0, 0.1) is 30.2 Å². The summed E-state index contributed by atoms with van der Waals surface area (Å²) in [5.74, 6) is -0.160. The highest BCUT2D eigenvalue weighted by Gasteiger charge is 2.13. The first kappa shape index (κ1) is 11.6. The van der Waals surface area contributed by atoms with Crippen LogP contribution >= 0.6 is 22.6 Å². The summed E-state index contributed by atoms with van der Waals surface area (Å²) < 4.78 is 16.9. The summed E-state index contributed by atoms with van der Waals surface area (Å²) in [6.07, 6.45) is 0. The molecule has 16 heavy (non-hydrogen) atoms. The van der Waals surface area contributed by atoms with Crippen LogP contribution in [-0.2, 0) is 0 Å². The van der Waals surface area contributed by atoms with Crippen LogP contribution in [0.15, 0.2) is 24.3 Å². The fraction of sp³-hybridized carbons (Fsp3) is 0.231. The van der Waals surface area contributed by atoms with Crippen molar-refractivity contribution in [3.63, 3.8) is 0 Å². The van der Waals surface area contributed by atoms with Gasteiger partial charge in [0.05, 0.1) is 5.69 Å². The Labute approximate surface area is 108 Å². The van der Waals surface area contributed by atoms with Gasteiger partial charge in [-0.2, -0.15) is 0 Å². The van der Waals surface area contributed by atoms with Crippen molar-refractivity contribution in [1.82, 2.24) is 4.57 Å². The topological polar surface area (TPSA) is 4.93 Å². The summed E-state index contributed by atoms with van der Waals surface area (Å²) in [5, 5.41) is 0. The summed E-state index contributed by atoms with van der Waals surface area (Å²) in [6, 6.07) is 7.59. The second-order valence-corrected chi connectivity index (χ2v) is 5.19. The lowest BCUT2D eigenvalue weighted by Gasteiger charge is -2.13. The summed E-state index contributed by atoms with van der Waals surface area (Å²) in [6.45, 7) is 5.88. The summed E-state index contributed by atoms with van der Waals surface area (Å²) >= 11 is 2.19. The summed E-state index contributed by atoms with van der Waals surface area (Å²) in [7, 11) is 0. The molecule has 0 aliphatic rings. The predicted molar refractivity (Wildman–Crippen MR) is 72.7 cm³/mol. The number of aromatic nitrogens is 1. The Morgan fingerprint density at radius 2 is 1.62 bits per heavy atom. The van der Waals surface area contributed by atoms with Gasteiger partial charge in [0.2, 0.25) is 0 Å². The normalized spacial score (nSPS) is 10.8. The highest BCUT2D eigenvalue weighted by Crippen LogP contribution is 2.25. The molecule has 0 radical (unpaired) electrons. The molecule has 84 valence electrons. The van der Waals surface area contributed by atoms with E-state index in [1.165, 1.54) is 0 Å². The van der Waals surface area contributed by atoms with Gasteiger partial charge in [0.1, 0.15) is 5.82 Å². The van der Waals surface area contributed by atoms with Gasteiger partial charge >= 0.3 is 0 Å². The Bertz CT molecular complexity index is 500. The molecule has 0 spiro atoms. The Kier molecular flexibility index (Phi) is 3.06. The lowest BCUT2D eigenvalue weighted by atomic mass is 10.2. The van der Waals surface area contributed by atoms with Crippen molar-refractivity contribution in [2.24, 2.45) is 0 Å². The highest BCUT2D eigenvalue weighted by atomic mass is 127. The fourth-order valence-corrected chi connectivity index (χ4v) is 2.92. The van der Waals surface area contributed by atoms with Gasteiger partial charge in [-0.3, -0.25) is 0 Å². The number of hydrogen-bond donors (Lipinski definition) is 0.